The Balaban J connectivity index is 1.71. The van der Waals surface area contributed by atoms with E-state index in [1.807, 2.05) is 30.3 Å². The maximum absolute atomic E-state index is 5.70. The summed E-state index contributed by atoms with van der Waals surface area (Å²) < 4.78 is 11.4. The summed E-state index contributed by atoms with van der Waals surface area (Å²) in [6, 6.07) is 9.97. The summed E-state index contributed by atoms with van der Waals surface area (Å²) in [4.78, 5) is 2.40. The zero-order valence-corrected chi connectivity index (χ0v) is 10.6. The molecule has 3 heteroatoms. The third kappa shape index (κ3) is 4.02. The third-order valence-corrected chi connectivity index (χ3v) is 2.91. The van der Waals surface area contributed by atoms with Crippen molar-refractivity contribution >= 4 is 0 Å². The molecule has 2 atom stereocenters. The fraction of sp³-hybridized carbons (Fsp3) is 0.571. The predicted octanol–water partition coefficient (Wildman–Crippen LogP) is 2.17. The Hall–Kier alpha value is -1.06. The molecule has 0 bridgehead atoms. The molecule has 1 aliphatic rings. The molecule has 1 aromatic rings. The Morgan fingerprint density at radius 3 is 2.47 bits per heavy atom. The highest BCUT2D eigenvalue weighted by Gasteiger charge is 2.21. The molecule has 0 N–H and O–H groups in total. The van der Waals surface area contributed by atoms with E-state index in [-0.39, 0.29) is 0 Å². The molecule has 3 nitrogen and oxygen atoms in total. The zero-order chi connectivity index (χ0) is 12.1. The van der Waals surface area contributed by atoms with Gasteiger partial charge in [-0.2, -0.15) is 0 Å². The Kier molecular flexibility index (Phi) is 4.40. The van der Waals surface area contributed by atoms with Gasteiger partial charge in [-0.3, -0.25) is 4.90 Å². The van der Waals surface area contributed by atoms with E-state index in [2.05, 4.69) is 18.7 Å². The van der Waals surface area contributed by atoms with Crippen molar-refractivity contribution in [3.05, 3.63) is 30.3 Å². The van der Waals surface area contributed by atoms with E-state index in [1.165, 1.54) is 0 Å². The van der Waals surface area contributed by atoms with Crippen molar-refractivity contribution in [3.8, 4) is 5.75 Å². The van der Waals surface area contributed by atoms with E-state index < -0.39 is 0 Å². The smallest absolute Gasteiger partial charge is 0.119 e. The lowest BCUT2D eigenvalue weighted by Gasteiger charge is -2.35. The van der Waals surface area contributed by atoms with Gasteiger partial charge in [-0.1, -0.05) is 18.2 Å². The first-order chi connectivity index (χ1) is 8.24. The Morgan fingerprint density at radius 2 is 1.82 bits per heavy atom. The van der Waals surface area contributed by atoms with Crippen molar-refractivity contribution in [3.63, 3.8) is 0 Å². The summed E-state index contributed by atoms with van der Waals surface area (Å²) in [5, 5.41) is 0. The SMILES string of the molecule is C[C@@H]1CN(CCOc2ccccc2)C[C@@H](C)O1. The van der Waals surface area contributed by atoms with Crippen LogP contribution in [0.15, 0.2) is 30.3 Å². The number of ether oxygens (including phenoxy) is 2. The molecule has 0 aliphatic carbocycles. The van der Waals surface area contributed by atoms with E-state index in [0.29, 0.717) is 12.2 Å². The molecule has 0 spiro atoms. The summed E-state index contributed by atoms with van der Waals surface area (Å²) in [6.45, 7) is 7.96. The van der Waals surface area contributed by atoms with Crippen molar-refractivity contribution in [2.75, 3.05) is 26.2 Å². The van der Waals surface area contributed by atoms with Gasteiger partial charge in [0.2, 0.25) is 0 Å². The average Bonchev–Trinajstić information content (AvgIpc) is 2.29. The van der Waals surface area contributed by atoms with E-state index in [1.54, 1.807) is 0 Å². The second kappa shape index (κ2) is 6.03. The topological polar surface area (TPSA) is 21.7 Å². The number of para-hydroxylation sites is 1. The lowest BCUT2D eigenvalue weighted by molar-refractivity contribution is -0.0699. The lowest BCUT2D eigenvalue weighted by atomic mass is 10.2. The zero-order valence-electron chi connectivity index (χ0n) is 10.6. The van der Waals surface area contributed by atoms with Gasteiger partial charge in [-0.05, 0) is 26.0 Å². The van der Waals surface area contributed by atoms with Crippen LogP contribution in [0.4, 0.5) is 0 Å². The highest BCUT2D eigenvalue weighted by molar-refractivity contribution is 5.20. The van der Waals surface area contributed by atoms with Gasteiger partial charge in [0.25, 0.3) is 0 Å². The molecule has 1 aromatic carbocycles. The van der Waals surface area contributed by atoms with Gasteiger partial charge in [0.05, 0.1) is 12.2 Å². The Bertz CT molecular complexity index is 318. The quantitative estimate of drug-likeness (QED) is 0.798. The van der Waals surface area contributed by atoms with Crippen LogP contribution in [0.1, 0.15) is 13.8 Å². The summed E-state index contributed by atoms with van der Waals surface area (Å²) >= 11 is 0. The number of nitrogens with zero attached hydrogens (tertiary/aromatic N) is 1. The van der Waals surface area contributed by atoms with Crippen LogP contribution in [-0.4, -0.2) is 43.3 Å². The van der Waals surface area contributed by atoms with Gasteiger partial charge < -0.3 is 9.47 Å². The second-order valence-electron chi connectivity index (χ2n) is 4.68. The van der Waals surface area contributed by atoms with Crippen molar-refractivity contribution < 1.29 is 9.47 Å². The molecule has 1 fully saturated rings. The molecule has 1 heterocycles. The summed E-state index contributed by atoms with van der Waals surface area (Å²) in [5.74, 6) is 0.946. The van der Waals surface area contributed by atoms with Gasteiger partial charge in [0, 0.05) is 19.6 Å². The first-order valence-electron chi connectivity index (χ1n) is 6.29. The Morgan fingerprint density at radius 1 is 1.18 bits per heavy atom. The number of rotatable bonds is 4. The average molecular weight is 235 g/mol. The van der Waals surface area contributed by atoms with Gasteiger partial charge in [-0.15, -0.1) is 0 Å². The lowest BCUT2D eigenvalue weighted by Crippen LogP contribution is -2.46. The minimum absolute atomic E-state index is 0.329. The molecule has 94 valence electrons. The van der Waals surface area contributed by atoms with Gasteiger partial charge in [0.15, 0.2) is 0 Å². The Labute approximate surface area is 103 Å². The van der Waals surface area contributed by atoms with Gasteiger partial charge >= 0.3 is 0 Å². The van der Waals surface area contributed by atoms with Crippen LogP contribution >= 0.6 is 0 Å². The summed E-state index contributed by atoms with van der Waals surface area (Å²) in [5.41, 5.74) is 0. The van der Waals surface area contributed by atoms with Crippen molar-refractivity contribution in [1.82, 2.24) is 4.90 Å². The van der Waals surface area contributed by atoms with Crippen LogP contribution in [0.25, 0.3) is 0 Å². The van der Waals surface area contributed by atoms with Crippen LogP contribution in [0.3, 0.4) is 0 Å². The minimum Gasteiger partial charge on any atom is -0.492 e. The van der Waals surface area contributed by atoms with Crippen molar-refractivity contribution in [2.45, 2.75) is 26.1 Å². The minimum atomic E-state index is 0.329. The molecule has 2 rings (SSSR count). The van der Waals surface area contributed by atoms with Crippen LogP contribution in [0.2, 0.25) is 0 Å². The van der Waals surface area contributed by atoms with Crippen LogP contribution in [0, 0.1) is 0 Å². The third-order valence-electron chi connectivity index (χ3n) is 2.91. The highest BCUT2D eigenvalue weighted by Crippen LogP contribution is 2.11. The molecule has 17 heavy (non-hydrogen) atoms. The van der Waals surface area contributed by atoms with Crippen molar-refractivity contribution in [2.24, 2.45) is 0 Å². The highest BCUT2D eigenvalue weighted by atomic mass is 16.5. The molecule has 0 unspecified atom stereocenters. The summed E-state index contributed by atoms with van der Waals surface area (Å²) in [6.07, 6.45) is 0.658. The summed E-state index contributed by atoms with van der Waals surface area (Å²) in [7, 11) is 0. The predicted molar refractivity (Wildman–Crippen MR) is 68.4 cm³/mol. The fourth-order valence-corrected chi connectivity index (χ4v) is 2.28. The standard InChI is InChI=1S/C14H21NO2/c1-12-10-15(11-13(2)17-12)8-9-16-14-6-4-3-5-7-14/h3-7,12-13H,8-11H2,1-2H3/t12-,13-/m1/s1. The first-order valence-corrected chi connectivity index (χ1v) is 6.29. The van der Waals surface area contributed by atoms with Crippen LogP contribution in [0.5, 0.6) is 5.75 Å². The largest absolute Gasteiger partial charge is 0.492 e. The van der Waals surface area contributed by atoms with Gasteiger partial charge in [0.1, 0.15) is 12.4 Å². The number of hydrogen-bond donors (Lipinski definition) is 0. The fourth-order valence-electron chi connectivity index (χ4n) is 2.28. The van der Waals surface area contributed by atoms with E-state index in [0.717, 1.165) is 32.0 Å². The molecule has 0 radical (unpaired) electrons. The molecular formula is C14H21NO2. The van der Waals surface area contributed by atoms with Crippen LogP contribution < -0.4 is 4.74 Å². The maximum atomic E-state index is 5.70. The van der Waals surface area contributed by atoms with E-state index >= 15 is 0 Å². The first kappa shape index (κ1) is 12.4. The number of morpholine rings is 1. The second-order valence-corrected chi connectivity index (χ2v) is 4.68. The van der Waals surface area contributed by atoms with Crippen LogP contribution in [-0.2, 0) is 4.74 Å². The molecular weight excluding hydrogens is 214 g/mol. The van der Waals surface area contributed by atoms with E-state index in [9.17, 15) is 0 Å². The normalized spacial score (nSPS) is 25.8. The van der Waals surface area contributed by atoms with E-state index in [4.69, 9.17) is 9.47 Å². The number of hydrogen-bond acceptors (Lipinski definition) is 3. The molecule has 1 saturated heterocycles. The molecule has 0 saturated carbocycles. The number of benzene rings is 1. The monoisotopic (exact) mass is 235 g/mol. The molecule has 0 aromatic heterocycles. The van der Waals surface area contributed by atoms with Gasteiger partial charge in [-0.25, -0.2) is 0 Å². The molecule has 1 aliphatic heterocycles. The van der Waals surface area contributed by atoms with Crippen molar-refractivity contribution in [1.29, 1.82) is 0 Å². The maximum Gasteiger partial charge on any atom is 0.119 e. The molecule has 0 amide bonds.